The lowest BCUT2D eigenvalue weighted by Gasteiger charge is -2.44. The zero-order valence-corrected chi connectivity index (χ0v) is 52.7. The molecule has 0 saturated heterocycles. The minimum absolute atomic E-state index is 0.00119. The Kier molecular flexibility index (Phi) is 13.4. The molecular formula is C81H74BrN3. The molecule has 420 valence electrons. The van der Waals surface area contributed by atoms with Crippen LogP contribution in [0.1, 0.15) is 105 Å². The van der Waals surface area contributed by atoms with Gasteiger partial charge < -0.3 is 0 Å². The summed E-state index contributed by atoms with van der Waals surface area (Å²) in [5.41, 5.74) is 27.6. The topological polar surface area (TPSA) is 38.7 Å². The molecule has 0 N–H and O–H groups in total. The van der Waals surface area contributed by atoms with E-state index in [-0.39, 0.29) is 32.5 Å². The van der Waals surface area contributed by atoms with Crippen LogP contribution < -0.4 is 0 Å². The summed E-state index contributed by atoms with van der Waals surface area (Å²) in [6, 6.07) is 77.9. The van der Waals surface area contributed by atoms with Gasteiger partial charge in [0.15, 0.2) is 0 Å². The van der Waals surface area contributed by atoms with Crippen molar-refractivity contribution in [2.24, 2.45) is 10.8 Å². The van der Waals surface area contributed by atoms with Gasteiger partial charge in [0.2, 0.25) is 0 Å². The summed E-state index contributed by atoms with van der Waals surface area (Å²) in [5.74, 6) is 0. The largest absolute Gasteiger partial charge is 0.256 e. The molecule has 4 heteroatoms. The predicted octanol–water partition coefficient (Wildman–Crippen LogP) is 22.5. The molecule has 0 bridgehead atoms. The van der Waals surface area contributed by atoms with Crippen LogP contribution in [0.25, 0.3) is 112 Å². The van der Waals surface area contributed by atoms with Crippen LogP contribution in [0.15, 0.2) is 235 Å². The Labute approximate surface area is 512 Å². The maximum Gasteiger partial charge on any atom is 0.0709 e. The molecule has 3 nitrogen and oxygen atoms in total. The van der Waals surface area contributed by atoms with Gasteiger partial charge in [0, 0.05) is 56.4 Å². The third-order valence-corrected chi connectivity index (χ3v) is 22.3. The van der Waals surface area contributed by atoms with Crippen LogP contribution >= 0.6 is 15.9 Å². The Hall–Kier alpha value is -8.31. The Bertz CT molecular complexity index is 4210. The number of hydrogen-bond acceptors (Lipinski definition) is 3. The smallest absolute Gasteiger partial charge is 0.0709 e. The van der Waals surface area contributed by atoms with Gasteiger partial charge in [-0.2, -0.15) is 0 Å². The molecule has 2 aliphatic rings. The van der Waals surface area contributed by atoms with Crippen LogP contribution in [-0.2, 0) is 21.7 Å². The molecule has 0 fully saturated rings. The number of benzene rings is 8. The van der Waals surface area contributed by atoms with E-state index in [4.69, 9.17) is 15.0 Å². The molecule has 13 rings (SSSR count). The lowest BCUT2D eigenvalue weighted by molar-refractivity contribution is 0.125. The summed E-state index contributed by atoms with van der Waals surface area (Å²) in [4.78, 5) is 15.7. The van der Waals surface area contributed by atoms with Gasteiger partial charge in [-0.3, -0.25) is 15.0 Å². The van der Waals surface area contributed by atoms with Crippen molar-refractivity contribution >= 4 is 15.9 Å². The maximum absolute atomic E-state index is 5.23. The summed E-state index contributed by atoms with van der Waals surface area (Å²) in [6.07, 6.45) is 6.19. The third-order valence-electron chi connectivity index (χ3n) is 21.8. The standard InChI is InChI=1S/C81H74BrN3/c1-76(2)69-37-33-53(45-71(69)78(5,6)80(76,9)10)73-39-35-55(48-83-73)61-27-16-18-29-63(61)57-41-58(64-30-19-17-28-62(64)56-36-40-74(84-49-56)54-34-38-70-72(46-54)79(7,8)81(11,12)77(70,3)4)43-59(42-57)65-31-20-21-32-66(65)68-50-85-75(52-25-22-26-60(82)44-52)47-67(68)51-23-14-13-15-24-51/h13-50H,1-12H3. The molecule has 0 spiro atoms. The first-order valence-corrected chi connectivity index (χ1v) is 30.9. The SMILES string of the molecule is CC1(C)c2ccc(-c3ccc(-c4ccccc4-c4cc(-c5ccccc5-c5ccc(-c6ccc7c(c6)C(C)(C)C(C)(C)C7(C)C)nc5)cc(-c5ccccc5-c5cnc(-c6cccc(Br)c6)cc5-c5ccccc5)c4)cn3)cc2C(C)(C)C1(C)C. The molecular weight excluding hydrogens is 1090 g/mol. The van der Waals surface area contributed by atoms with Crippen molar-refractivity contribution in [2.45, 2.75) is 105 Å². The summed E-state index contributed by atoms with van der Waals surface area (Å²) < 4.78 is 1.02. The van der Waals surface area contributed by atoms with Crippen LogP contribution in [0, 0.1) is 10.8 Å². The first kappa shape index (κ1) is 55.9. The van der Waals surface area contributed by atoms with Gasteiger partial charge in [-0.1, -0.05) is 251 Å². The summed E-state index contributed by atoms with van der Waals surface area (Å²) in [6.45, 7) is 28.9. The second-order valence-corrected chi connectivity index (χ2v) is 28.0. The van der Waals surface area contributed by atoms with E-state index in [2.05, 4.69) is 330 Å². The average Bonchev–Trinajstić information content (AvgIpc) is 1.69. The fourth-order valence-corrected chi connectivity index (χ4v) is 14.7. The number of fused-ring (bicyclic) bond motifs is 2. The number of rotatable bonds is 10. The lowest BCUT2D eigenvalue weighted by Crippen LogP contribution is -2.42. The van der Waals surface area contributed by atoms with Crippen molar-refractivity contribution in [3.8, 4) is 112 Å². The number of hydrogen-bond donors (Lipinski definition) is 0. The zero-order valence-electron chi connectivity index (χ0n) is 51.2. The fourth-order valence-electron chi connectivity index (χ4n) is 14.3. The average molecular weight is 1170 g/mol. The number of halogens is 1. The van der Waals surface area contributed by atoms with Gasteiger partial charge in [-0.15, -0.1) is 0 Å². The van der Waals surface area contributed by atoms with Crippen LogP contribution in [-0.4, -0.2) is 15.0 Å². The van der Waals surface area contributed by atoms with Crippen molar-refractivity contribution in [3.63, 3.8) is 0 Å². The summed E-state index contributed by atoms with van der Waals surface area (Å²) in [7, 11) is 0. The Morgan fingerprint density at radius 3 is 1.04 bits per heavy atom. The first-order chi connectivity index (χ1) is 40.6. The van der Waals surface area contributed by atoms with E-state index < -0.39 is 0 Å². The maximum atomic E-state index is 5.23. The van der Waals surface area contributed by atoms with Crippen molar-refractivity contribution < 1.29 is 0 Å². The van der Waals surface area contributed by atoms with Gasteiger partial charge >= 0.3 is 0 Å². The zero-order chi connectivity index (χ0) is 59.4. The second-order valence-electron chi connectivity index (χ2n) is 27.1. The number of aromatic nitrogens is 3. The molecule has 3 heterocycles. The molecule has 11 aromatic rings. The monoisotopic (exact) mass is 1170 g/mol. The summed E-state index contributed by atoms with van der Waals surface area (Å²) in [5, 5.41) is 0. The van der Waals surface area contributed by atoms with Crippen LogP contribution in [0.2, 0.25) is 0 Å². The minimum Gasteiger partial charge on any atom is -0.256 e. The van der Waals surface area contributed by atoms with Gasteiger partial charge in [-0.25, -0.2) is 0 Å². The normalized spacial score (nSPS) is 16.4. The molecule has 0 unspecified atom stereocenters. The van der Waals surface area contributed by atoms with Crippen LogP contribution in [0.5, 0.6) is 0 Å². The first-order valence-electron chi connectivity index (χ1n) is 30.1. The Morgan fingerprint density at radius 1 is 0.235 bits per heavy atom. The van der Waals surface area contributed by atoms with Crippen LogP contribution in [0.3, 0.4) is 0 Å². The molecule has 0 amide bonds. The number of pyridine rings is 3. The second kappa shape index (κ2) is 20.5. The van der Waals surface area contributed by atoms with E-state index >= 15 is 0 Å². The van der Waals surface area contributed by atoms with Crippen molar-refractivity contribution in [3.05, 3.63) is 258 Å². The third kappa shape index (κ3) is 9.00. The lowest BCUT2D eigenvalue weighted by atomic mass is 9.59. The van der Waals surface area contributed by atoms with E-state index in [0.717, 1.165) is 116 Å². The highest BCUT2D eigenvalue weighted by Gasteiger charge is 2.58. The van der Waals surface area contributed by atoms with Gasteiger partial charge in [0.05, 0.1) is 17.1 Å². The van der Waals surface area contributed by atoms with E-state index in [1.165, 1.54) is 22.3 Å². The molecule has 8 aromatic carbocycles. The predicted molar refractivity (Wildman–Crippen MR) is 362 cm³/mol. The highest BCUT2D eigenvalue weighted by molar-refractivity contribution is 9.10. The minimum atomic E-state index is -0.00119. The molecule has 0 aliphatic heterocycles. The summed E-state index contributed by atoms with van der Waals surface area (Å²) >= 11 is 3.71. The fraction of sp³-hybridized carbons (Fsp3) is 0.222. The highest BCUT2D eigenvalue weighted by atomic mass is 79.9. The van der Waals surface area contributed by atoms with Crippen LogP contribution in [0.4, 0.5) is 0 Å². The molecule has 3 aromatic heterocycles. The highest BCUT2D eigenvalue weighted by Crippen LogP contribution is 2.63. The Morgan fingerprint density at radius 2 is 0.600 bits per heavy atom. The van der Waals surface area contributed by atoms with E-state index in [0.29, 0.717) is 0 Å². The van der Waals surface area contributed by atoms with Crippen molar-refractivity contribution in [1.82, 2.24) is 15.0 Å². The van der Waals surface area contributed by atoms with Gasteiger partial charge in [0.1, 0.15) is 0 Å². The molecule has 85 heavy (non-hydrogen) atoms. The Balaban J connectivity index is 0.945. The van der Waals surface area contributed by atoms with Gasteiger partial charge in [0.25, 0.3) is 0 Å². The van der Waals surface area contributed by atoms with E-state index in [1.807, 2.05) is 0 Å². The molecule has 0 atom stereocenters. The number of nitrogens with zero attached hydrogens (tertiary/aromatic N) is 3. The van der Waals surface area contributed by atoms with Gasteiger partial charge in [-0.05, 0) is 177 Å². The van der Waals surface area contributed by atoms with E-state index in [9.17, 15) is 0 Å². The quantitative estimate of drug-likeness (QED) is 0.137. The van der Waals surface area contributed by atoms with Crippen molar-refractivity contribution in [1.29, 1.82) is 0 Å². The molecule has 2 aliphatic carbocycles. The van der Waals surface area contributed by atoms with Crippen molar-refractivity contribution in [2.75, 3.05) is 0 Å². The molecule has 0 radical (unpaired) electrons. The molecule has 0 saturated carbocycles. The van der Waals surface area contributed by atoms with E-state index in [1.54, 1.807) is 0 Å².